The second-order valence-corrected chi connectivity index (χ2v) is 5.10. The number of unbranched alkanes of at least 4 members (excludes halogenated alkanes) is 3. The molecular weight excluding hydrogens is 267 g/mol. The first-order chi connectivity index (χ1) is 8.70. The lowest BCUT2D eigenvalue weighted by Crippen LogP contribution is -2.28. The molecule has 0 fully saturated rings. The molecule has 0 saturated carbocycles. The second-order valence-electron chi connectivity index (χ2n) is 4.28. The highest BCUT2D eigenvalue weighted by molar-refractivity contribution is 6.36. The van der Waals surface area contributed by atoms with Gasteiger partial charge in [-0.1, -0.05) is 48.2 Å². The average molecular weight is 287 g/mol. The fraction of sp³-hybridized carbons (Fsp3) is 0.429. The van der Waals surface area contributed by atoms with Crippen molar-refractivity contribution in [2.24, 2.45) is 5.84 Å². The number of nitrogens with two attached hydrogens (primary N) is 1. The largest absolute Gasteiger partial charge is 0.271 e. The van der Waals surface area contributed by atoms with Crippen LogP contribution in [0, 0.1) is 0 Å². The molecule has 18 heavy (non-hydrogen) atoms. The van der Waals surface area contributed by atoms with Crippen LogP contribution in [0.15, 0.2) is 30.9 Å². The van der Waals surface area contributed by atoms with Crippen molar-refractivity contribution in [3.8, 4) is 0 Å². The van der Waals surface area contributed by atoms with Crippen molar-refractivity contribution in [1.82, 2.24) is 5.43 Å². The van der Waals surface area contributed by atoms with E-state index >= 15 is 0 Å². The van der Waals surface area contributed by atoms with Crippen molar-refractivity contribution in [2.75, 3.05) is 0 Å². The summed E-state index contributed by atoms with van der Waals surface area (Å²) in [5, 5.41) is 1.33. The van der Waals surface area contributed by atoms with Crippen LogP contribution in [0.25, 0.3) is 0 Å². The first-order valence-electron chi connectivity index (χ1n) is 6.21. The molecule has 0 saturated heterocycles. The molecule has 0 aliphatic heterocycles. The molecule has 0 aliphatic carbocycles. The van der Waals surface area contributed by atoms with Crippen LogP contribution in [0.1, 0.15) is 43.7 Å². The van der Waals surface area contributed by atoms with Crippen LogP contribution in [0.4, 0.5) is 0 Å². The van der Waals surface area contributed by atoms with Gasteiger partial charge in [0.15, 0.2) is 0 Å². The Balaban J connectivity index is 2.57. The summed E-state index contributed by atoms with van der Waals surface area (Å²) in [6.07, 6.45) is 7.35. The number of hydrogen-bond acceptors (Lipinski definition) is 2. The predicted molar refractivity (Wildman–Crippen MR) is 79.8 cm³/mol. The van der Waals surface area contributed by atoms with Crippen LogP contribution in [-0.4, -0.2) is 0 Å². The minimum absolute atomic E-state index is 0.00920. The summed E-state index contributed by atoms with van der Waals surface area (Å²) in [5.41, 5.74) is 3.70. The number of hydrogen-bond donors (Lipinski definition) is 2. The Labute approximate surface area is 119 Å². The Hall–Kier alpha value is -0.540. The summed E-state index contributed by atoms with van der Waals surface area (Å²) in [7, 11) is 0. The number of allylic oxidation sites excluding steroid dienone is 1. The molecule has 1 atom stereocenters. The lowest BCUT2D eigenvalue weighted by Gasteiger charge is -2.19. The van der Waals surface area contributed by atoms with Gasteiger partial charge in [-0.25, -0.2) is 0 Å². The Bertz CT molecular complexity index is 360. The van der Waals surface area contributed by atoms with E-state index in [0.717, 1.165) is 37.7 Å². The lowest BCUT2D eigenvalue weighted by atomic mass is 10.0. The van der Waals surface area contributed by atoms with Crippen molar-refractivity contribution in [2.45, 2.75) is 38.1 Å². The Kier molecular flexibility index (Phi) is 7.36. The number of benzene rings is 1. The van der Waals surface area contributed by atoms with Crippen molar-refractivity contribution < 1.29 is 0 Å². The first kappa shape index (κ1) is 15.5. The van der Waals surface area contributed by atoms with E-state index in [9.17, 15) is 0 Å². The zero-order valence-electron chi connectivity index (χ0n) is 10.5. The van der Waals surface area contributed by atoms with Crippen LogP contribution in [-0.2, 0) is 0 Å². The van der Waals surface area contributed by atoms with E-state index in [1.54, 1.807) is 0 Å². The van der Waals surface area contributed by atoms with E-state index in [1.165, 1.54) is 0 Å². The van der Waals surface area contributed by atoms with Crippen LogP contribution in [0.2, 0.25) is 10.0 Å². The van der Waals surface area contributed by atoms with Crippen molar-refractivity contribution in [3.05, 3.63) is 46.5 Å². The highest BCUT2D eigenvalue weighted by Crippen LogP contribution is 2.32. The first-order valence-corrected chi connectivity index (χ1v) is 6.97. The molecule has 1 aromatic carbocycles. The fourth-order valence-electron chi connectivity index (χ4n) is 1.97. The Morgan fingerprint density at radius 1 is 1.22 bits per heavy atom. The van der Waals surface area contributed by atoms with Crippen LogP contribution in [0.5, 0.6) is 0 Å². The molecule has 2 nitrogen and oxygen atoms in total. The normalized spacial score (nSPS) is 12.4. The maximum absolute atomic E-state index is 6.17. The van der Waals surface area contributed by atoms with E-state index in [0.29, 0.717) is 10.0 Å². The molecule has 0 aliphatic rings. The third-order valence-corrected chi connectivity index (χ3v) is 3.61. The van der Waals surface area contributed by atoms with Gasteiger partial charge in [0.05, 0.1) is 0 Å². The van der Waals surface area contributed by atoms with E-state index in [2.05, 4.69) is 12.0 Å². The molecule has 4 heteroatoms. The Morgan fingerprint density at radius 2 is 1.89 bits per heavy atom. The van der Waals surface area contributed by atoms with Crippen LogP contribution >= 0.6 is 23.2 Å². The van der Waals surface area contributed by atoms with Gasteiger partial charge in [0.1, 0.15) is 0 Å². The zero-order chi connectivity index (χ0) is 13.4. The van der Waals surface area contributed by atoms with Crippen molar-refractivity contribution in [3.63, 3.8) is 0 Å². The highest BCUT2D eigenvalue weighted by Gasteiger charge is 2.16. The summed E-state index contributed by atoms with van der Waals surface area (Å²) in [4.78, 5) is 0. The van der Waals surface area contributed by atoms with E-state index in [-0.39, 0.29) is 6.04 Å². The molecule has 0 spiro atoms. The van der Waals surface area contributed by atoms with Gasteiger partial charge in [-0.3, -0.25) is 11.3 Å². The van der Waals surface area contributed by atoms with Gasteiger partial charge in [-0.05, 0) is 31.4 Å². The fourth-order valence-corrected chi connectivity index (χ4v) is 2.63. The summed E-state index contributed by atoms with van der Waals surface area (Å²) in [6, 6.07) is 5.52. The molecule has 3 N–H and O–H groups in total. The standard InChI is InChI=1S/C14H20Cl2N2/c1-2-3-4-5-6-10-13(18-17)14-11(15)8-7-9-12(14)16/h2,7-9,13,18H,1,3-6,10,17H2. The van der Waals surface area contributed by atoms with Crippen molar-refractivity contribution in [1.29, 1.82) is 0 Å². The van der Waals surface area contributed by atoms with Gasteiger partial charge in [0, 0.05) is 21.7 Å². The maximum Gasteiger partial charge on any atom is 0.0489 e. The molecule has 1 rings (SSSR count). The van der Waals surface area contributed by atoms with Crippen LogP contribution < -0.4 is 11.3 Å². The molecule has 0 aromatic heterocycles. The van der Waals surface area contributed by atoms with Crippen molar-refractivity contribution >= 4 is 23.2 Å². The Morgan fingerprint density at radius 3 is 2.44 bits per heavy atom. The highest BCUT2D eigenvalue weighted by atomic mass is 35.5. The van der Waals surface area contributed by atoms with Gasteiger partial charge in [0.2, 0.25) is 0 Å². The molecule has 0 bridgehead atoms. The minimum atomic E-state index is 0.00920. The molecule has 1 unspecified atom stereocenters. The predicted octanol–water partition coefficient (Wildman–Crippen LogP) is 4.63. The molecular formula is C14H20Cl2N2. The maximum atomic E-state index is 6.17. The number of rotatable bonds is 8. The SMILES string of the molecule is C=CCCCCCC(NN)c1c(Cl)cccc1Cl. The minimum Gasteiger partial charge on any atom is -0.271 e. The lowest BCUT2D eigenvalue weighted by molar-refractivity contribution is 0.484. The second kappa shape index (κ2) is 8.54. The van der Waals surface area contributed by atoms with Gasteiger partial charge in [-0.15, -0.1) is 6.58 Å². The number of nitrogens with one attached hydrogen (secondary N) is 1. The van der Waals surface area contributed by atoms with Crippen LogP contribution in [0.3, 0.4) is 0 Å². The molecule has 0 radical (unpaired) electrons. The third-order valence-electron chi connectivity index (χ3n) is 2.95. The molecule has 1 aromatic rings. The number of halogens is 2. The van der Waals surface area contributed by atoms with E-state index in [4.69, 9.17) is 29.0 Å². The van der Waals surface area contributed by atoms with Gasteiger partial charge in [-0.2, -0.15) is 0 Å². The summed E-state index contributed by atoms with van der Waals surface area (Å²) < 4.78 is 0. The topological polar surface area (TPSA) is 38.0 Å². The summed E-state index contributed by atoms with van der Waals surface area (Å²) in [6.45, 7) is 3.71. The number of hydrazine groups is 1. The van der Waals surface area contributed by atoms with Gasteiger partial charge < -0.3 is 0 Å². The average Bonchev–Trinajstić information content (AvgIpc) is 2.36. The monoisotopic (exact) mass is 286 g/mol. The van der Waals surface area contributed by atoms with E-state index < -0.39 is 0 Å². The quantitative estimate of drug-likeness (QED) is 0.316. The van der Waals surface area contributed by atoms with Gasteiger partial charge >= 0.3 is 0 Å². The zero-order valence-corrected chi connectivity index (χ0v) is 12.0. The smallest absolute Gasteiger partial charge is 0.0489 e. The summed E-state index contributed by atoms with van der Waals surface area (Å²) in [5.74, 6) is 5.60. The molecule has 100 valence electrons. The van der Waals surface area contributed by atoms with Gasteiger partial charge in [0.25, 0.3) is 0 Å². The molecule has 0 amide bonds. The molecule has 0 heterocycles. The van der Waals surface area contributed by atoms with E-state index in [1.807, 2.05) is 24.3 Å². The summed E-state index contributed by atoms with van der Waals surface area (Å²) >= 11 is 12.3. The third kappa shape index (κ3) is 4.62.